The Morgan fingerprint density at radius 2 is 1.58 bits per heavy atom. The van der Waals surface area contributed by atoms with E-state index in [0.29, 0.717) is 0 Å². The van der Waals surface area contributed by atoms with Crippen LogP contribution in [-0.2, 0) is 12.5 Å². The molecule has 0 saturated carbocycles. The fourth-order valence-corrected chi connectivity index (χ4v) is 0.788. The maximum absolute atomic E-state index is 10.8. The van der Waals surface area contributed by atoms with E-state index in [-0.39, 0.29) is 5.78 Å². The van der Waals surface area contributed by atoms with E-state index in [4.69, 9.17) is 4.21 Å². The minimum Gasteiger partial charge on any atom is -0.295 e. The van der Waals surface area contributed by atoms with E-state index >= 15 is 0 Å². The van der Waals surface area contributed by atoms with Crippen LogP contribution in [0.15, 0.2) is 24.3 Å². The first-order valence-electron chi connectivity index (χ1n) is 3.44. The van der Waals surface area contributed by atoms with Crippen LogP contribution in [0, 0.1) is 6.92 Å². The molecule has 12 heavy (non-hydrogen) atoms. The molecule has 0 heterocycles. The molecule has 0 aliphatic carbocycles. The molecular weight excluding hydrogens is 172 g/mol. The van der Waals surface area contributed by atoms with E-state index in [1.807, 2.05) is 31.2 Å². The number of carbonyl (C=O) groups is 1. The SMILES string of the molecule is CC(=O)c1ccc(C)cc1.O=S. The maximum Gasteiger partial charge on any atom is 0.197 e. The summed E-state index contributed by atoms with van der Waals surface area (Å²) in [7, 11) is 0. The monoisotopic (exact) mass is 182 g/mol. The van der Waals surface area contributed by atoms with Crippen molar-refractivity contribution in [2.75, 3.05) is 0 Å². The Kier molecular flexibility index (Phi) is 5.04. The molecule has 64 valence electrons. The molecule has 1 aromatic rings. The van der Waals surface area contributed by atoms with Crippen molar-refractivity contribution in [1.82, 2.24) is 0 Å². The van der Waals surface area contributed by atoms with Gasteiger partial charge in [0.15, 0.2) is 18.3 Å². The van der Waals surface area contributed by atoms with E-state index in [2.05, 4.69) is 12.5 Å². The van der Waals surface area contributed by atoms with E-state index in [9.17, 15) is 4.79 Å². The molecule has 1 aromatic carbocycles. The lowest BCUT2D eigenvalue weighted by Crippen LogP contribution is -1.90. The summed E-state index contributed by atoms with van der Waals surface area (Å²) in [6, 6.07) is 7.57. The summed E-state index contributed by atoms with van der Waals surface area (Å²) in [4.78, 5) is 10.8. The summed E-state index contributed by atoms with van der Waals surface area (Å²) in [6.45, 7) is 3.58. The fourth-order valence-electron chi connectivity index (χ4n) is 0.788. The highest BCUT2D eigenvalue weighted by Gasteiger charge is 1.95. The van der Waals surface area contributed by atoms with Gasteiger partial charge in [-0.1, -0.05) is 29.8 Å². The summed E-state index contributed by atoms with van der Waals surface area (Å²) in [5.41, 5.74) is 1.97. The van der Waals surface area contributed by atoms with Gasteiger partial charge in [-0.25, -0.2) is 0 Å². The van der Waals surface area contributed by atoms with Gasteiger partial charge in [0.05, 0.1) is 0 Å². The van der Waals surface area contributed by atoms with Crippen LogP contribution in [0.1, 0.15) is 22.8 Å². The van der Waals surface area contributed by atoms with E-state index in [1.165, 1.54) is 5.56 Å². The van der Waals surface area contributed by atoms with Crippen LogP contribution in [0.4, 0.5) is 0 Å². The van der Waals surface area contributed by atoms with Crippen LogP contribution in [0.3, 0.4) is 0 Å². The summed E-state index contributed by atoms with van der Waals surface area (Å²) in [6.07, 6.45) is 0. The van der Waals surface area contributed by atoms with Gasteiger partial charge in [-0.2, -0.15) is 4.21 Å². The Bertz CT molecular complexity index is 254. The van der Waals surface area contributed by atoms with Crippen molar-refractivity contribution in [3.05, 3.63) is 35.4 Å². The average Bonchev–Trinajstić information content (AvgIpc) is 2.09. The molecule has 0 atom stereocenters. The predicted molar refractivity (Wildman–Crippen MR) is 49.3 cm³/mol. The lowest BCUT2D eigenvalue weighted by molar-refractivity contribution is 0.101. The van der Waals surface area contributed by atoms with Crippen molar-refractivity contribution in [2.24, 2.45) is 0 Å². The average molecular weight is 182 g/mol. The summed E-state index contributed by atoms with van der Waals surface area (Å²) < 4.78 is 7.83. The standard InChI is InChI=1S/C9H10O.OS/c1-7-3-5-9(6-4-7)8(2)10;1-2/h3-6H,1-2H3;. The van der Waals surface area contributed by atoms with Gasteiger partial charge in [0.25, 0.3) is 0 Å². The third kappa shape index (κ3) is 3.34. The molecule has 1 rings (SSSR count). The van der Waals surface area contributed by atoms with E-state index in [0.717, 1.165) is 5.56 Å². The Balaban J connectivity index is 0.000000561. The number of benzene rings is 1. The van der Waals surface area contributed by atoms with Gasteiger partial charge in [0.2, 0.25) is 0 Å². The second-order valence-electron chi connectivity index (χ2n) is 2.42. The molecule has 0 spiro atoms. The molecule has 0 aromatic heterocycles. The third-order valence-electron chi connectivity index (χ3n) is 1.46. The molecule has 3 heteroatoms. The van der Waals surface area contributed by atoms with Crippen LogP contribution in [0.5, 0.6) is 0 Å². The highest BCUT2D eigenvalue weighted by Crippen LogP contribution is 2.02. The molecule has 0 fully saturated rings. The lowest BCUT2D eigenvalue weighted by Gasteiger charge is -1.93. The van der Waals surface area contributed by atoms with Gasteiger partial charge in [0.1, 0.15) is 0 Å². The number of ketones is 1. The van der Waals surface area contributed by atoms with E-state index in [1.54, 1.807) is 6.92 Å². The van der Waals surface area contributed by atoms with Crippen molar-refractivity contribution in [3.63, 3.8) is 0 Å². The maximum atomic E-state index is 10.8. The first-order valence-corrected chi connectivity index (χ1v) is 3.78. The van der Waals surface area contributed by atoms with Gasteiger partial charge in [0, 0.05) is 5.56 Å². The summed E-state index contributed by atoms with van der Waals surface area (Å²) >= 11 is 2.83. The number of hydrogen-bond donors (Lipinski definition) is 0. The van der Waals surface area contributed by atoms with Crippen molar-refractivity contribution in [1.29, 1.82) is 0 Å². The first kappa shape index (κ1) is 10.9. The molecular formula is C9H10O2S. The highest BCUT2D eigenvalue weighted by molar-refractivity contribution is 7.44. The van der Waals surface area contributed by atoms with Gasteiger partial charge < -0.3 is 0 Å². The Hall–Kier alpha value is -1.09. The van der Waals surface area contributed by atoms with Crippen molar-refractivity contribution in [2.45, 2.75) is 13.8 Å². The Labute approximate surface area is 77.1 Å². The second-order valence-corrected chi connectivity index (χ2v) is 2.42. The van der Waals surface area contributed by atoms with Gasteiger partial charge in [-0.15, -0.1) is 0 Å². The largest absolute Gasteiger partial charge is 0.295 e. The quantitative estimate of drug-likeness (QED) is 0.622. The van der Waals surface area contributed by atoms with E-state index < -0.39 is 0 Å². The highest BCUT2D eigenvalue weighted by atomic mass is 32.1. The zero-order chi connectivity index (χ0) is 9.56. The number of hydrogen-bond acceptors (Lipinski definition) is 3. The lowest BCUT2D eigenvalue weighted by atomic mass is 10.1. The van der Waals surface area contributed by atoms with Crippen molar-refractivity contribution < 1.29 is 9.00 Å². The topological polar surface area (TPSA) is 34.1 Å². The number of carbonyl (C=O) groups excluding carboxylic acids is 1. The number of aryl methyl sites for hydroxylation is 1. The van der Waals surface area contributed by atoms with Crippen LogP contribution in [0.2, 0.25) is 0 Å². The zero-order valence-electron chi connectivity index (χ0n) is 7.03. The van der Waals surface area contributed by atoms with Crippen LogP contribution in [0.25, 0.3) is 0 Å². The summed E-state index contributed by atoms with van der Waals surface area (Å²) in [5, 5.41) is 0. The molecule has 0 saturated heterocycles. The normalized spacial score (nSPS) is 8.17. The van der Waals surface area contributed by atoms with Gasteiger partial charge in [-0.3, -0.25) is 4.79 Å². The third-order valence-corrected chi connectivity index (χ3v) is 1.46. The molecule has 0 aliphatic heterocycles. The molecule has 2 nitrogen and oxygen atoms in total. The summed E-state index contributed by atoms with van der Waals surface area (Å²) in [5.74, 6) is 0.125. The zero-order valence-corrected chi connectivity index (χ0v) is 7.85. The van der Waals surface area contributed by atoms with Gasteiger partial charge in [-0.05, 0) is 13.8 Å². The smallest absolute Gasteiger partial charge is 0.197 e. The predicted octanol–water partition coefficient (Wildman–Crippen LogP) is 1.86. The Morgan fingerprint density at radius 3 is 1.92 bits per heavy atom. The minimum absolute atomic E-state index is 0.125. The molecule has 0 bridgehead atoms. The molecule has 0 N–H and O–H groups in total. The van der Waals surface area contributed by atoms with Crippen molar-refractivity contribution >= 4 is 18.3 Å². The Morgan fingerprint density at radius 1 is 1.17 bits per heavy atom. The number of Topliss-reactive ketones (excluding diaryl/α,β-unsaturated/α-hetero) is 1. The molecule has 0 amide bonds. The fraction of sp³-hybridized carbons (Fsp3) is 0.222. The minimum atomic E-state index is 0.125. The second kappa shape index (κ2) is 5.55. The van der Waals surface area contributed by atoms with Crippen LogP contribution in [-0.4, -0.2) is 9.99 Å². The molecule has 0 aliphatic rings. The molecule has 0 radical (unpaired) electrons. The van der Waals surface area contributed by atoms with Crippen LogP contribution < -0.4 is 0 Å². The van der Waals surface area contributed by atoms with Crippen molar-refractivity contribution in [3.8, 4) is 0 Å². The molecule has 0 unspecified atom stereocenters. The van der Waals surface area contributed by atoms with Crippen LogP contribution >= 0.6 is 0 Å². The van der Waals surface area contributed by atoms with Gasteiger partial charge >= 0.3 is 0 Å². The first-order chi connectivity index (χ1) is 5.70. The number of rotatable bonds is 1.